The average molecular weight is 340 g/mol. The van der Waals surface area contributed by atoms with Crippen molar-refractivity contribution in [3.63, 3.8) is 0 Å². The van der Waals surface area contributed by atoms with Gasteiger partial charge in [-0.05, 0) is 50.3 Å². The van der Waals surface area contributed by atoms with E-state index in [9.17, 15) is 10.1 Å². The van der Waals surface area contributed by atoms with Crippen LogP contribution < -0.4 is 10.1 Å². The predicted octanol–water partition coefficient (Wildman–Crippen LogP) is 4.21. The molecule has 0 radical (unpaired) electrons. The number of amides is 1. The molecule has 0 bridgehead atoms. The van der Waals surface area contributed by atoms with Gasteiger partial charge in [-0.1, -0.05) is 17.7 Å². The van der Waals surface area contributed by atoms with E-state index in [1.165, 1.54) is 10.4 Å². The van der Waals surface area contributed by atoms with Crippen LogP contribution in [0.4, 0.5) is 5.00 Å². The lowest BCUT2D eigenvalue weighted by molar-refractivity contribution is -0.116. The number of hydrogen-bond donors (Lipinski definition) is 1. The number of nitrogens with one attached hydrogen (secondary N) is 1. The molecule has 0 saturated carbocycles. The molecule has 1 N–H and O–H groups in total. The third-order valence-corrected chi connectivity index (χ3v) is 5.36. The molecule has 24 heavy (non-hydrogen) atoms. The number of hydrogen-bond acceptors (Lipinski definition) is 4. The van der Waals surface area contributed by atoms with Crippen LogP contribution in [0, 0.1) is 18.3 Å². The Bertz CT molecular complexity index is 772. The first-order chi connectivity index (χ1) is 11.7. The number of ether oxygens (including phenoxy) is 1. The lowest BCUT2D eigenvalue weighted by Crippen LogP contribution is -2.15. The van der Waals surface area contributed by atoms with Crippen molar-refractivity contribution in [2.45, 2.75) is 39.0 Å². The molecule has 1 aromatic carbocycles. The maximum atomic E-state index is 12.1. The van der Waals surface area contributed by atoms with Gasteiger partial charge in [0.2, 0.25) is 5.91 Å². The molecule has 0 fully saturated rings. The molecule has 0 aliphatic heterocycles. The number of fused-ring (bicyclic) bond motifs is 1. The standard InChI is InChI=1S/C19H20N2O2S/c1-13-6-8-14(9-7-13)23-11-10-18(22)21-19-16(12-20)15-4-2-3-5-17(15)24-19/h6-9H,2-5,10-11H2,1H3,(H,21,22). The zero-order valence-electron chi connectivity index (χ0n) is 13.7. The second-order valence-electron chi connectivity index (χ2n) is 5.99. The number of anilines is 1. The molecule has 1 heterocycles. The molecule has 4 nitrogen and oxygen atoms in total. The summed E-state index contributed by atoms with van der Waals surface area (Å²) >= 11 is 1.55. The number of carbonyl (C=O) groups excluding carboxylic acids is 1. The van der Waals surface area contributed by atoms with Crippen molar-refractivity contribution in [1.82, 2.24) is 0 Å². The Morgan fingerprint density at radius 2 is 2.04 bits per heavy atom. The smallest absolute Gasteiger partial charge is 0.228 e. The van der Waals surface area contributed by atoms with Crippen molar-refractivity contribution in [3.8, 4) is 11.8 Å². The summed E-state index contributed by atoms with van der Waals surface area (Å²) in [7, 11) is 0. The second-order valence-corrected chi connectivity index (χ2v) is 7.09. The number of carbonyl (C=O) groups is 1. The minimum atomic E-state index is -0.114. The molecule has 0 spiro atoms. The molecule has 124 valence electrons. The van der Waals surface area contributed by atoms with Gasteiger partial charge in [-0.3, -0.25) is 4.79 Å². The molecule has 5 heteroatoms. The van der Waals surface area contributed by atoms with Crippen molar-refractivity contribution < 1.29 is 9.53 Å². The number of thiophene rings is 1. The molecule has 0 unspecified atom stereocenters. The monoisotopic (exact) mass is 340 g/mol. The molecule has 1 aromatic heterocycles. The van der Waals surface area contributed by atoms with E-state index < -0.39 is 0 Å². The van der Waals surface area contributed by atoms with Gasteiger partial charge in [0.05, 0.1) is 18.6 Å². The Morgan fingerprint density at radius 3 is 2.79 bits per heavy atom. The van der Waals surface area contributed by atoms with E-state index in [0.717, 1.165) is 37.0 Å². The summed E-state index contributed by atoms with van der Waals surface area (Å²) in [6.07, 6.45) is 4.51. The third kappa shape index (κ3) is 3.77. The lowest BCUT2D eigenvalue weighted by atomic mass is 9.96. The first-order valence-corrected chi connectivity index (χ1v) is 9.03. The highest BCUT2D eigenvalue weighted by Gasteiger charge is 2.21. The first kappa shape index (κ1) is 16.5. The van der Waals surface area contributed by atoms with E-state index in [4.69, 9.17) is 4.74 Å². The number of aryl methyl sites for hydroxylation is 2. The maximum Gasteiger partial charge on any atom is 0.228 e. The van der Waals surface area contributed by atoms with Gasteiger partial charge in [-0.25, -0.2) is 0 Å². The zero-order chi connectivity index (χ0) is 16.9. The van der Waals surface area contributed by atoms with Gasteiger partial charge >= 0.3 is 0 Å². The largest absolute Gasteiger partial charge is 0.493 e. The number of nitrogens with zero attached hydrogens (tertiary/aromatic N) is 1. The predicted molar refractivity (Wildman–Crippen MR) is 95.6 cm³/mol. The van der Waals surface area contributed by atoms with E-state index in [1.54, 1.807) is 11.3 Å². The van der Waals surface area contributed by atoms with E-state index in [1.807, 2.05) is 31.2 Å². The SMILES string of the molecule is Cc1ccc(OCCC(=O)Nc2sc3c(c2C#N)CCCC3)cc1. The van der Waals surface area contributed by atoms with Crippen LogP contribution in [0.1, 0.15) is 40.8 Å². The minimum Gasteiger partial charge on any atom is -0.493 e. The number of rotatable bonds is 5. The fourth-order valence-corrected chi connectivity index (χ4v) is 4.11. The van der Waals surface area contributed by atoms with E-state index in [-0.39, 0.29) is 12.3 Å². The fraction of sp³-hybridized carbons (Fsp3) is 0.368. The van der Waals surface area contributed by atoms with Crippen LogP contribution in [0.5, 0.6) is 5.75 Å². The topological polar surface area (TPSA) is 62.1 Å². The molecule has 3 rings (SSSR count). The Labute approximate surface area is 146 Å². The molecular formula is C19H20N2O2S. The van der Waals surface area contributed by atoms with Crippen LogP contribution in [0.3, 0.4) is 0 Å². The van der Waals surface area contributed by atoms with Gasteiger partial charge in [-0.15, -0.1) is 11.3 Å². The summed E-state index contributed by atoms with van der Waals surface area (Å²) in [6, 6.07) is 10.0. The van der Waals surface area contributed by atoms with Crippen LogP contribution in [-0.4, -0.2) is 12.5 Å². The molecule has 1 aliphatic carbocycles. The molecule has 2 aromatic rings. The van der Waals surface area contributed by atoms with Crippen molar-refractivity contribution in [2.75, 3.05) is 11.9 Å². The molecular weight excluding hydrogens is 320 g/mol. The summed E-state index contributed by atoms with van der Waals surface area (Å²) in [5.41, 5.74) is 2.97. The van der Waals surface area contributed by atoms with Crippen molar-refractivity contribution in [2.24, 2.45) is 0 Å². The minimum absolute atomic E-state index is 0.114. The summed E-state index contributed by atoms with van der Waals surface area (Å²) in [5, 5.41) is 13.0. The van der Waals surface area contributed by atoms with Crippen LogP contribution in [0.25, 0.3) is 0 Å². The van der Waals surface area contributed by atoms with Gasteiger partial charge in [0.15, 0.2) is 0 Å². The zero-order valence-corrected chi connectivity index (χ0v) is 14.5. The highest BCUT2D eigenvalue weighted by molar-refractivity contribution is 7.16. The highest BCUT2D eigenvalue weighted by Crippen LogP contribution is 2.37. The Morgan fingerprint density at radius 1 is 1.29 bits per heavy atom. The Balaban J connectivity index is 1.56. The lowest BCUT2D eigenvalue weighted by Gasteiger charge is -2.09. The van der Waals surface area contributed by atoms with E-state index >= 15 is 0 Å². The summed E-state index contributed by atoms with van der Waals surface area (Å²) < 4.78 is 5.58. The summed E-state index contributed by atoms with van der Waals surface area (Å²) in [4.78, 5) is 13.4. The van der Waals surface area contributed by atoms with E-state index in [0.29, 0.717) is 17.2 Å². The Kier molecular flexibility index (Phi) is 5.17. The molecule has 1 aliphatic rings. The van der Waals surface area contributed by atoms with Gasteiger partial charge in [0, 0.05) is 4.88 Å². The maximum absolute atomic E-state index is 12.1. The van der Waals surface area contributed by atoms with Gasteiger partial charge in [0.1, 0.15) is 16.8 Å². The molecule has 0 saturated heterocycles. The van der Waals surface area contributed by atoms with Crippen molar-refractivity contribution in [3.05, 3.63) is 45.8 Å². The van der Waals surface area contributed by atoms with Crippen molar-refractivity contribution >= 4 is 22.2 Å². The van der Waals surface area contributed by atoms with E-state index in [2.05, 4.69) is 11.4 Å². The molecule has 0 atom stereocenters. The van der Waals surface area contributed by atoms with Crippen LogP contribution >= 0.6 is 11.3 Å². The van der Waals surface area contributed by atoms with Gasteiger partial charge in [-0.2, -0.15) is 5.26 Å². The van der Waals surface area contributed by atoms with Crippen LogP contribution in [0.2, 0.25) is 0 Å². The first-order valence-electron chi connectivity index (χ1n) is 8.21. The van der Waals surface area contributed by atoms with Crippen LogP contribution in [-0.2, 0) is 17.6 Å². The quantitative estimate of drug-likeness (QED) is 0.886. The average Bonchev–Trinajstić information content (AvgIpc) is 2.93. The van der Waals surface area contributed by atoms with Crippen molar-refractivity contribution in [1.29, 1.82) is 5.26 Å². The highest BCUT2D eigenvalue weighted by atomic mass is 32.1. The normalized spacial score (nSPS) is 13.0. The second kappa shape index (κ2) is 7.50. The Hall–Kier alpha value is -2.32. The van der Waals surface area contributed by atoms with Gasteiger partial charge < -0.3 is 10.1 Å². The van der Waals surface area contributed by atoms with Crippen LogP contribution in [0.15, 0.2) is 24.3 Å². The fourth-order valence-electron chi connectivity index (χ4n) is 2.86. The van der Waals surface area contributed by atoms with Gasteiger partial charge in [0.25, 0.3) is 0 Å². The third-order valence-electron chi connectivity index (χ3n) is 4.15. The number of nitriles is 1. The summed E-state index contributed by atoms with van der Waals surface area (Å²) in [5.74, 6) is 0.648. The molecule has 1 amide bonds. The summed E-state index contributed by atoms with van der Waals surface area (Å²) in [6.45, 7) is 2.34. The number of benzene rings is 1.